The fourth-order valence-electron chi connectivity index (χ4n) is 4.13. The number of fused-ring (bicyclic) bond motifs is 1. The van der Waals surface area contributed by atoms with E-state index in [-0.39, 0.29) is 11.6 Å². The number of nitrogens with zero attached hydrogens (tertiary/aromatic N) is 5. The largest absolute Gasteiger partial charge is 0.503 e. The second-order valence-electron chi connectivity index (χ2n) is 8.83. The number of hydrogen-bond acceptors (Lipinski definition) is 6. The van der Waals surface area contributed by atoms with Gasteiger partial charge >= 0.3 is 6.18 Å². The second kappa shape index (κ2) is 9.57. The van der Waals surface area contributed by atoms with Gasteiger partial charge in [-0.2, -0.15) is 18.3 Å². The highest BCUT2D eigenvalue weighted by molar-refractivity contribution is 5.85. The number of likely N-dealkylation sites (N-methyl/N-ethyl adjacent to an activating group) is 1. The Labute approximate surface area is 198 Å². The van der Waals surface area contributed by atoms with Crippen molar-refractivity contribution >= 4 is 16.7 Å². The Balaban J connectivity index is 1.61. The minimum atomic E-state index is -5.13. The number of phenols is 1. The van der Waals surface area contributed by atoms with Crippen molar-refractivity contribution < 1.29 is 31.8 Å². The zero-order valence-corrected chi connectivity index (χ0v) is 19.5. The van der Waals surface area contributed by atoms with Crippen molar-refractivity contribution in [3.63, 3.8) is 0 Å². The molecule has 1 N–H and O–H groups in total. The van der Waals surface area contributed by atoms with Gasteiger partial charge in [-0.15, -0.1) is 0 Å². The standard InChI is InChI=1S/C23H26F5N5O2/c1-13-15-10-19(32-6-4-14(5-7-32)35-9-8-31(2)3)29-12-18(15)33(30-13)17-11-16(23(26,27)28)20(24)22(34)21(17)25/h10-12,14,34H,4-9H2,1-3H3. The lowest BCUT2D eigenvalue weighted by molar-refractivity contribution is -0.140. The number of phenolic OH excluding ortho intramolecular Hbond substituents is 1. The Hall–Kier alpha value is -2.99. The molecular weight excluding hydrogens is 473 g/mol. The SMILES string of the molecule is Cc1nn(-c2cc(C(F)(F)F)c(F)c(O)c2F)c2cnc(N3CCC(OCCN(C)C)CC3)cc12. The average Bonchev–Trinajstić information content (AvgIpc) is 3.12. The number of alkyl halides is 3. The van der Waals surface area contributed by atoms with Crippen LogP contribution in [0.3, 0.4) is 0 Å². The molecule has 1 aliphatic rings. The summed E-state index contributed by atoms with van der Waals surface area (Å²) in [6.07, 6.45) is -1.93. The molecule has 190 valence electrons. The van der Waals surface area contributed by atoms with Crippen molar-refractivity contribution in [3.05, 3.63) is 41.2 Å². The molecule has 0 spiro atoms. The summed E-state index contributed by atoms with van der Waals surface area (Å²) >= 11 is 0. The zero-order chi connectivity index (χ0) is 25.5. The van der Waals surface area contributed by atoms with Crippen LogP contribution >= 0.6 is 0 Å². The lowest BCUT2D eigenvalue weighted by Crippen LogP contribution is -2.38. The van der Waals surface area contributed by atoms with Gasteiger partial charge in [0, 0.05) is 25.0 Å². The maximum atomic E-state index is 14.6. The Morgan fingerprint density at radius 3 is 2.46 bits per heavy atom. The number of pyridine rings is 1. The highest BCUT2D eigenvalue weighted by Crippen LogP contribution is 2.39. The van der Waals surface area contributed by atoms with E-state index in [9.17, 15) is 27.1 Å². The monoisotopic (exact) mass is 499 g/mol. The van der Waals surface area contributed by atoms with Gasteiger partial charge in [0.05, 0.1) is 35.7 Å². The topological polar surface area (TPSA) is 66.6 Å². The molecule has 0 aliphatic carbocycles. The first-order valence-corrected chi connectivity index (χ1v) is 11.1. The molecule has 1 fully saturated rings. The van der Waals surface area contributed by atoms with Crippen molar-refractivity contribution in [1.82, 2.24) is 19.7 Å². The first-order valence-electron chi connectivity index (χ1n) is 11.1. The summed E-state index contributed by atoms with van der Waals surface area (Å²) in [4.78, 5) is 8.55. The van der Waals surface area contributed by atoms with Gasteiger partial charge in [0.15, 0.2) is 17.4 Å². The Kier molecular flexibility index (Phi) is 6.87. The number of anilines is 1. The molecule has 0 atom stereocenters. The second-order valence-corrected chi connectivity index (χ2v) is 8.83. The number of aromatic nitrogens is 3. The number of halogens is 5. The smallest absolute Gasteiger partial charge is 0.419 e. The quantitative estimate of drug-likeness (QED) is 0.511. The van der Waals surface area contributed by atoms with E-state index < -0.39 is 34.8 Å². The van der Waals surface area contributed by atoms with Crippen LogP contribution in [0.2, 0.25) is 0 Å². The number of aryl methyl sites for hydroxylation is 1. The minimum absolute atomic E-state index is 0.163. The third-order valence-corrected chi connectivity index (χ3v) is 6.09. The third-order valence-electron chi connectivity index (χ3n) is 6.09. The van der Waals surface area contributed by atoms with Gasteiger partial charge in [0.25, 0.3) is 0 Å². The number of aromatic hydroxyl groups is 1. The molecule has 4 rings (SSSR count). The molecular formula is C23H26F5N5O2. The molecule has 2 aromatic heterocycles. The van der Waals surface area contributed by atoms with E-state index in [1.807, 2.05) is 14.1 Å². The summed E-state index contributed by atoms with van der Waals surface area (Å²) in [5.41, 5.74) is -1.86. The maximum Gasteiger partial charge on any atom is 0.419 e. The molecule has 3 aromatic rings. The third kappa shape index (κ3) is 5.03. The van der Waals surface area contributed by atoms with Gasteiger partial charge in [-0.25, -0.2) is 18.4 Å². The van der Waals surface area contributed by atoms with Crippen molar-refractivity contribution in [1.29, 1.82) is 0 Å². The summed E-state index contributed by atoms with van der Waals surface area (Å²) in [5, 5.41) is 14.4. The van der Waals surface area contributed by atoms with Crippen LogP contribution in [-0.4, -0.2) is 71.2 Å². The minimum Gasteiger partial charge on any atom is -0.503 e. The first kappa shape index (κ1) is 25.1. The molecule has 0 saturated carbocycles. The van der Waals surface area contributed by atoms with E-state index >= 15 is 0 Å². The Morgan fingerprint density at radius 2 is 1.83 bits per heavy atom. The van der Waals surface area contributed by atoms with Crippen LogP contribution in [0, 0.1) is 18.6 Å². The predicted octanol–water partition coefficient (Wildman–Crippen LogP) is 4.28. The molecule has 12 heteroatoms. The molecule has 3 heterocycles. The number of benzene rings is 1. The van der Waals surface area contributed by atoms with E-state index in [0.717, 1.165) is 24.1 Å². The van der Waals surface area contributed by atoms with Crippen LogP contribution in [0.5, 0.6) is 5.75 Å². The molecule has 0 unspecified atom stereocenters. The molecule has 1 aliphatic heterocycles. The fourth-order valence-corrected chi connectivity index (χ4v) is 4.13. The van der Waals surface area contributed by atoms with E-state index in [1.165, 1.54) is 6.20 Å². The molecule has 7 nitrogen and oxygen atoms in total. The van der Waals surface area contributed by atoms with E-state index in [0.29, 0.717) is 42.7 Å². The Bertz CT molecular complexity index is 1220. The molecule has 35 heavy (non-hydrogen) atoms. The van der Waals surface area contributed by atoms with Gasteiger partial charge in [-0.05, 0) is 46.0 Å². The van der Waals surface area contributed by atoms with Gasteiger partial charge in [-0.1, -0.05) is 0 Å². The number of ether oxygens (including phenoxy) is 1. The summed E-state index contributed by atoms with van der Waals surface area (Å²) < 4.78 is 75.0. The summed E-state index contributed by atoms with van der Waals surface area (Å²) in [6, 6.07) is 2.04. The average molecular weight is 499 g/mol. The molecule has 0 radical (unpaired) electrons. The van der Waals surface area contributed by atoms with Crippen LogP contribution in [-0.2, 0) is 10.9 Å². The van der Waals surface area contributed by atoms with Crippen LogP contribution in [0.15, 0.2) is 18.3 Å². The zero-order valence-electron chi connectivity index (χ0n) is 19.5. The Morgan fingerprint density at radius 1 is 1.14 bits per heavy atom. The van der Waals surface area contributed by atoms with E-state index in [4.69, 9.17) is 4.74 Å². The van der Waals surface area contributed by atoms with Gasteiger partial charge in [0.2, 0.25) is 0 Å². The molecule has 1 aromatic carbocycles. The first-order chi connectivity index (χ1) is 16.5. The maximum absolute atomic E-state index is 14.6. The number of hydrogen-bond donors (Lipinski definition) is 1. The predicted molar refractivity (Wildman–Crippen MR) is 120 cm³/mol. The van der Waals surface area contributed by atoms with E-state index in [1.54, 1.807) is 13.0 Å². The molecule has 0 amide bonds. The number of piperidine rings is 1. The lowest BCUT2D eigenvalue weighted by Gasteiger charge is -2.33. The lowest BCUT2D eigenvalue weighted by atomic mass is 10.1. The molecule has 0 bridgehead atoms. The van der Waals surface area contributed by atoms with Crippen LogP contribution < -0.4 is 4.90 Å². The highest BCUT2D eigenvalue weighted by atomic mass is 19.4. The van der Waals surface area contributed by atoms with Gasteiger partial charge < -0.3 is 19.6 Å². The normalized spacial score (nSPS) is 15.5. The van der Waals surface area contributed by atoms with Crippen LogP contribution in [0.4, 0.5) is 27.8 Å². The van der Waals surface area contributed by atoms with Crippen molar-refractivity contribution in [3.8, 4) is 11.4 Å². The van der Waals surface area contributed by atoms with Crippen LogP contribution in [0.25, 0.3) is 16.6 Å². The summed E-state index contributed by atoms with van der Waals surface area (Å²) in [7, 11) is 3.97. The number of rotatable bonds is 6. The van der Waals surface area contributed by atoms with Crippen molar-refractivity contribution in [2.45, 2.75) is 32.0 Å². The van der Waals surface area contributed by atoms with Crippen LogP contribution in [0.1, 0.15) is 24.1 Å². The van der Waals surface area contributed by atoms with E-state index in [2.05, 4.69) is 19.9 Å². The molecule has 1 saturated heterocycles. The summed E-state index contributed by atoms with van der Waals surface area (Å²) in [5.74, 6) is -4.66. The summed E-state index contributed by atoms with van der Waals surface area (Å²) in [6.45, 7) is 4.56. The van der Waals surface area contributed by atoms with Crippen molar-refractivity contribution in [2.75, 3.05) is 45.2 Å². The van der Waals surface area contributed by atoms with Gasteiger partial charge in [0.1, 0.15) is 11.5 Å². The van der Waals surface area contributed by atoms with Crippen molar-refractivity contribution in [2.24, 2.45) is 0 Å². The fraction of sp³-hybridized carbons (Fsp3) is 0.478. The highest BCUT2D eigenvalue weighted by Gasteiger charge is 2.38. The van der Waals surface area contributed by atoms with Gasteiger partial charge in [-0.3, -0.25) is 0 Å².